The molecule has 0 aliphatic heterocycles. The van der Waals surface area contributed by atoms with Crippen molar-refractivity contribution in [3.8, 4) is 0 Å². The van der Waals surface area contributed by atoms with Gasteiger partial charge < -0.3 is 5.11 Å². The maximum Gasteiger partial charge on any atom is 0.156 e. The molecule has 1 aromatic carbocycles. The normalized spacial score (nSPS) is 12.9. The highest BCUT2D eigenvalue weighted by Gasteiger charge is 2.17. The van der Waals surface area contributed by atoms with Crippen molar-refractivity contribution >= 4 is 11.6 Å². The molecule has 1 aromatic heterocycles. The van der Waals surface area contributed by atoms with Crippen LogP contribution in [-0.2, 0) is 6.42 Å². The Morgan fingerprint density at radius 3 is 2.83 bits per heavy atom. The van der Waals surface area contributed by atoms with Crippen LogP contribution in [0.5, 0.6) is 0 Å². The quantitative estimate of drug-likeness (QED) is 0.925. The van der Waals surface area contributed by atoms with Crippen LogP contribution in [0.3, 0.4) is 0 Å². The van der Waals surface area contributed by atoms with Gasteiger partial charge in [0, 0.05) is 17.5 Å². The first-order valence-electron chi connectivity index (χ1n) is 5.90. The van der Waals surface area contributed by atoms with Gasteiger partial charge in [-0.3, -0.25) is 0 Å². The Morgan fingerprint density at radius 1 is 1.39 bits per heavy atom. The summed E-state index contributed by atoms with van der Waals surface area (Å²) in [6, 6.07) is 7.65. The number of benzene rings is 1. The first-order chi connectivity index (χ1) is 8.58. The lowest BCUT2D eigenvalue weighted by atomic mass is 10.1. The van der Waals surface area contributed by atoms with Gasteiger partial charge >= 0.3 is 0 Å². The third-order valence-electron chi connectivity index (χ3n) is 2.71. The Kier molecular flexibility index (Phi) is 3.99. The average molecular weight is 266 g/mol. The van der Waals surface area contributed by atoms with E-state index in [1.807, 2.05) is 38.1 Å². The Labute approximate surface area is 111 Å². The minimum absolute atomic E-state index is 0.177. The van der Waals surface area contributed by atoms with Gasteiger partial charge in [-0.15, -0.1) is 0 Å². The van der Waals surface area contributed by atoms with Gasteiger partial charge in [0.15, 0.2) is 5.82 Å². The summed E-state index contributed by atoms with van der Waals surface area (Å²) in [5.41, 5.74) is 0.980. The molecule has 0 fully saturated rings. The van der Waals surface area contributed by atoms with Gasteiger partial charge in [-0.1, -0.05) is 23.7 Å². The maximum absolute atomic E-state index is 10.2. The van der Waals surface area contributed by atoms with E-state index in [0.29, 0.717) is 17.3 Å². The molecule has 0 bridgehead atoms. The standard InChI is InChI=1S/C13H16ClN3O/c1-9(2)17-13(15-8-16-17)12(18)7-10-4-3-5-11(14)6-10/h3-6,8-9,12,18H,7H2,1-2H3. The fourth-order valence-corrected chi connectivity index (χ4v) is 2.09. The van der Waals surface area contributed by atoms with Crippen LogP contribution in [0.4, 0.5) is 0 Å². The van der Waals surface area contributed by atoms with Crippen molar-refractivity contribution in [2.24, 2.45) is 0 Å². The summed E-state index contributed by atoms with van der Waals surface area (Å²) in [5.74, 6) is 0.588. The highest BCUT2D eigenvalue weighted by Crippen LogP contribution is 2.20. The van der Waals surface area contributed by atoms with Gasteiger partial charge in [0.1, 0.15) is 12.4 Å². The van der Waals surface area contributed by atoms with E-state index in [-0.39, 0.29) is 6.04 Å². The van der Waals surface area contributed by atoms with Gasteiger partial charge in [0.05, 0.1) is 0 Å². The van der Waals surface area contributed by atoms with Gasteiger partial charge in [-0.25, -0.2) is 9.67 Å². The zero-order chi connectivity index (χ0) is 13.1. The van der Waals surface area contributed by atoms with E-state index in [4.69, 9.17) is 11.6 Å². The molecule has 0 saturated heterocycles. The molecule has 0 saturated carbocycles. The van der Waals surface area contributed by atoms with Crippen molar-refractivity contribution in [3.05, 3.63) is 47.0 Å². The van der Waals surface area contributed by atoms with Gasteiger partial charge in [0.25, 0.3) is 0 Å². The maximum atomic E-state index is 10.2. The number of nitrogens with zero attached hydrogens (tertiary/aromatic N) is 3. The fraction of sp³-hybridized carbons (Fsp3) is 0.385. The molecule has 0 aliphatic carbocycles. The summed E-state index contributed by atoms with van der Waals surface area (Å²) >= 11 is 5.92. The number of aliphatic hydroxyl groups is 1. The van der Waals surface area contributed by atoms with E-state index in [0.717, 1.165) is 5.56 Å². The molecule has 2 rings (SSSR count). The van der Waals surface area contributed by atoms with Crippen LogP contribution >= 0.6 is 11.6 Å². The lowest BCUT2D eigenvalue weighted by Crippen LogP contribution is -2.14. The van der Waals surface area contributed by atoms with E-state index in [9.17, 15) is 5.11 Å². The molecule has 18 heavy (non-hydrogen) atoms. The summed E-state index contributed by atoms with van der Waals surface area (Å²) in [7, 11) is 0. The molecule has 1 heterocycles. The number of rotatable bonds is 4. The molecule has 96 valence electrons. The number of aromatic nitrogens is 3. The number of hydrogen-bond donors (Lipinski definition) is 1. The summed E-state index contributed by atoms with van der Waals surface area (Å²) in [4.78, 5) is 4.12. The SMILES string of the molecule is CC(C)n1ncnc1C(O)Cc1cccc(Cl)c1. The van der Waals surface area contributed by atoms with E-state index in [1.165, 1.54) is 6.33 Å². The van der Waals surface area contributed by atoms with Crippen LogP contribution in [0.1, 0.15) is 37.4 Å². The van der Waals surface area contributed by atoms with Crippen LogP contribution in [0.2, 0.25) is 5.02 Å². The lowest BCUT2D eigenvalue weighted by molar-refractivity contribution is 0.159. The van der Waals surface area contributed by atoms with Crippen molar-refractivity contribution in [2.45, 2.75) is 32.4 Å². The van der Waals surface area contributed by atoms with Crippen molar-refractivity contribution in [3.63, 3.8) is 0 Å². The van der Waals surface area contributed by atoms with E-state index >= 15 is 0 Å². The van der Waals surface area contributed by atoms with Crippen LogP contribution in [0.25, 0.3) is 0 Å². The Hall–Kier alpha value is -1.39. The third kappa shape index (κ3) is 2.89. The first-order valence-corrected chi connectivity index (χ1v) is 6.27. The summed E-state index contributed by atoms with van der Waals surface area (Å²) in [6.45, 7) is 4.01. The molecule has 1 N–H and O–H groups in total. The Morgan fingerprint density at radius 2 is 2.17 bits per heavy atom. The molecule has 4 nitrogen and oxygen atoms in total. The highest BCUT2D eigenvalue weighted by atomic mass is 35.5. The molecule has 0 spiro atoms. The Balaban J connectivity index is 2.17. The second-order valence-corrected chi connectivity index (χ2v) is 4.94. The van der Waals surface area contributed by atoms with Crippen molar-refractivity contribution in [1.82, 2.24) is 14.8 Å². The molecule has 1 unspecified atom stereocenters. The summed E-state index contributed by atoms with van der Waals surface area (Å²) < 4.78 is 1.73. The first kappa shape index (κ1) is 13.1. The fourth-order valence-electron chi connectivity index (χ4n) is 1.87. The van der Waals surface area contributed by atoms with E-state index < -0.39 is 6.10 Å². The zero-order valence-corrected chi connectivity index (χ0v) is 11.2. The molecule has 5 heteroatoms. The smallest absolute Gasteiger partial charge is 0.156 e. The second kappa shape index (κ2) is 5.50. The highest BCUT2D eigenvalue weighted by molar-refractivity contribution is 6.30. The van der Waals surface area contributed by atoms with Gasteiger partial charge in [-0.05, 0) is 31.5 Å². The number of aliphatic hydroxyl groups excluding tert-OH is 1. The lowest BCUT2D eigenvalue weighted by Gasteiger charge is -2.14. The summed E-state index contributed by atoms with van der Waals surface area (Å²) in [6.07, 6.45) is 1.27. The van der Waals surface area contributed by atoms with E-state index in [2.05, 4.69) is 10.1 Å². The number of halogens is 1. The minimum atomic E-state index is -0.673. The third-order valence-corrected chi connectivity index (χ3v) is 2.94. The molecular weight excluding hydrogens is 250 g/mol. The van der Waals surface area contributed by atoms with Crippen LogP contribution < -0.4 is 0 Å². The zero-order valence-electron chi connectivity index (χ0n) is 10.4. The predicted molar refractivity (Wildman–Crippen MR) is 70.5 cm³/mol. The van der Waals surface area contributed by atoms with E-state index in [1.54, 1.807) is 4.68 Å². The molecule has 0 radical (unpaired) electrons. The monoisotopic (exact) mass is 265 g/mol. The second-order valence-electron chi connectivity index (χ2n) is 4.51. The van der Waals surface area contributed by atoms with Crippen molar-refractivity contribution in [1.29, 1.82) is 0 Å². The van der Waals surface area contributed by atoms with Gasteiger partial charge in [-0.2, -0.15) is 5.10 Å². The van der Waals surface area contributed by atoms with Crippen LogP contribution in [-0.4, -0.2) is 19.9 Å². The average Bonchev–Trinajstić information content (AvgIpc) is 2.77. The van der Waals surface area contributed by atoms with Crippen LogP contribution in [0, 0.1) is 0 Å². The van der Waals surface area contributed by atoms with Gasteiger partial charge in [0.2, 0.25) is 0 Å². The summed E-state index contributed by atoms with van der Waals surface area (Å²) in [5, 5.41) is 15.0. The largest absolute Gasteiger partial charge is 0.385 e. The molecule has 0 amide bonds. The number of hydrogen-bond acceptors (Lipinski definition) is 3. The van der Waals surface area contributed by atoms with Crippen molar-refractivity contribution < 1.29 is 5.11 Å². The van der Waals surface area contributed by atoms with Crippen molar-refractivity contribution in [2.75, 3.05) is 0 Å². The Bertz CT molecular complexity index is 524. The molecule has 1 atom stereocenters. The molecule has 2 aromatic rings. The molecule has 0 aliphatic rings. The molecular formula is C13H16ClN3O. The minimum Gasteiger partial charge on any atom is -0.385 e. The van der Waals surface area contributed by atoms with Crippen LogP contribution in [0.15, 0.2) is 30.6 Å². The topological polar surface area (TPSA) is 50.9 Å². The predicted octanol–water partition coefficient (Wildman–Crippen LogP) is 2.79.